The lowest BCUT2D eigenvalue weighted by atomic mass is 9.47. The summed E-state index contributed by atoms with van der Waals surface area (Å²) in [5, 5.41) is 12.6. The van der Waals surface area contributed by atoms with Crippen molar-refractivity contribution in [1.29, 1.82) is 0 Å². The van der Waals surface area contributed by atoms with E-state index in [1.807, 2.05) is 24.1 Å². The number of fused-ring (bicyclic) bond motifs is 1. The molecule has 1 aromatic rings. The fourth-order valence-corrected chi connectivity index (χ4v) is 8.01. The molecular weight excluding hydrogens is 448 g/mol. The minimum absolute atomic E-state index is 0.0528. The first kappa shape index (κ1) is 24.1. The fourth-order valence-electron chi connectivity index (χ4n) is 8.01. The van der Waals surface area contributed by atoms with Gasteiger partial charge in [-0.2, -0.15) is 0 Å². The molecule has 0 radical (unpaired) electrons. The average Bonchev–Trinajstić information content (AvgIpc) is 3.36. The zero-order valence-electron chi connectivity index (χ0n) is 21.2. The number of esters is 2. The zero-order valence-corrected chi connectivity index (χ0v) is 21.2. The van der Waals surface area contributed by atoms with Crippen LogP contribution in [-0.4, -0.2) is 80.1 Å². The number of carbonyl (C=O) groups excluding carboxylic acids is 2. The summed E-state index contributed by atoms with van der Waals surface area (Å²) in [6.07, 6.45) is 6.40. The van der Waals surface area contributed by atoms with Crippen LogP contribution in [0.15, 0.2) is 30.4 Å². The van der Waals surface area contributed by atoms with Gasteiger partial charge in [0, 0.05) is 49.1 Å². The molecule has 4 aliphatic rings. The van der Waals surface area contributed by atoms with Gasteiger partial charge >= 0.3 is 11.9 Å². The van der Waals surface area contributed by atoms with Gasteiger partial charge in [0.25, 0.3) is 0 Å². The van der Waals surface area contributed by atoms with Crippen LogP contribution in [-0.2, 0) is 24.5 Å². The Kier molecular flexibility index (Phi) is 5.68. The first-order valence-electron chi connectivity index (χ1n) is 12.5. The quantitative estimate of drug-likeness (QED) is 0.487. The predicted molar refractivity (Wildman–Crippen MR) is 130 cm³/mol. The van der Waals surface area contributed by atoms with Crippen LogP contribution < -0.4 is 9.64 Å². The normalized spacial score (nSPS) is 36.9. The molecule has 2 fully saturated rings. The van der Waals surface area contributed by atoms with Gasteiger partial charge in [-0.25, -0.2) is 4.79 Å². The molecule has 6 atom stereocenters. The van der Waals surface area contributed by atoms with Crippen molar-refractivity contribution >= 4 is 17.6 Å². The Hall–Kier alpha value is -2.58. The van der Waals surface area contributed by atoms with Crippen LogP contribution >= 0.6 is 0 Å². The highest BCUT2D eigenvalue weighted by atomic mass is 16.6. The molecule has 35 heavy (non-hydrogen) atoms. The van der Waals surface area contributed by atoms with Gasteiger partial charge in [-0.05, 0) is 31.0 Å². The summed E-state index contributed by atoms with van der Waals surface area (Å²) < 4.78 is 16.8. The number of anilines is 1. The lowest BCUT2D eigenvalue weighted by Gasteiger charge is -2.63. The maximum atomic E-state index is 13.7. The van der Waals surface area contributed by atoms with Crippen LogP contribution in [0.1, 0.15) is 45.1 Å². The third kappa shape index (κ3) is 2.93. The second kappa shape index (κ2) is 8.23. The van der Waals surface area contributed by atoms with Gasteiger partial charge in [0.1, 0.15) is 5.75 Å². The number of unbranched alkanes of at least 4 members (excludes halogenated alkanes) is 1. The number of benzene rings is 1. The molecule has 8 nitrogen and oxygen atoms in total. The van der Waals surface area contributed by atoms with Crippen molar-refractivity contribution in [2.24, 2.45) is 5.41 Å². The SMILES string of the molecule is CCCC[C@]12C=CCN3CC[C@]4(c5ccc(OC)cc5N(C)[C@@H]4[C@](O)(C(=O)OC)[C@@H]1OC(C)=O)[C@H]32. The van der Waals surface area contributed by atoms with E-state index in [1.165, 1.54) is 14.0 Å². The Morgan fingerprint density at radius 3 is 2.66 bits per heavy atom. The smallest absolute Gasteiger partial charge is 0.344 e. The summed E-state index contributed by atoms with van der Waals surface area (Å²) in [6, 6.07) is 5.28. The standard InChI is InChI=1S/C27H36N2O6/c1-6-7-11-25-12-8-14-29-15-13-26(21(25)29)19-10-9-18(33-4)16-20(19)28(3)22(26)27(32,24(31)34-5)23(25)35-17(2)30/h8-10,12,16,21-23,32H,6-7,11,13-15H2,1-5H3/t21-,22+,23-,25-,26+,27-/m1/s1. The minimum atomic E-state index is -2.08. The minimum Gasteiger partial charge on any atom is -0.497 e. The summed E-state index contributed by atoms with van der Waals surface area (Å²) in [4.78, 5) is 30.6. The first-order valence-corrected chi connectivity index (χ1v) is 12.5. The zero-order chi connectivity index (χ0) is 25.2. The Labute approximate surface area is 206 Å². The van der Waals surface area contributed by atoms with Gasteiger partial charge in [-0.15, -0.1) is 0 Å². The van der Waals surface area contributed by atoms with Crippen LogP contribution in [0, 0.1) is 5.41 Å². The van der Waals surface area contributed by atoms with Gasteiger partial charge in [-0.1, -0.05) is 38.0 Å². The topological polar surface area (TPSA) is 88.5 Å². The molecule has 0 amide bonds. The van der Waals surface area contributed by atoms with Gasteiger partial charge < -0.3 is 24.2 Å². The van der Waals surface area contributed by atoms with E-state index in [0.29, 0.717) is 12.2 Å². The summed E-state index contributed by atoms with van der Waals surface area (Å²) in [5.74, 6) is -0.588. The van der Waals surface area contributed by atoms with Crippen LogP contribution in [0.5, 0.6) is 5.75 Å². The number of ether oxygens (including phenoxy) is 3. The second-order valence-electron chi connectivity index (χ2n) is 10.5. The summed E-state index contributed by atoms with van der Waals surface area (Å²) in [7, 11) is 4.81. The van der Waals surface area contributed by atoms with E-state index in [0.717, 1.165) is 43.6 Å². The molecule has 5 rings (SSSR count). The molecule has 3 heterocycles. The summed E-state index contributed by atoms with van der Waals surface area (Å²) in [6.45, 7) is 5.06. The molecule has 1 aromatic carbocycles. The Balaban J connectivity index is 1.85. The maximum Gasteiger partial charge on any atom is 0.344 e. The Morgan fingerprint density at radius 1 is 1.23 bits per heavy atom. The van der Waals surface area contributed by atoms with E-state index < -0.39 is 40.5 Å². The van der Waals surface area contributed by atoms with Gasteiger partial charge in [0.05, 0.1) is 20.3 Å². The molecule has 0 unspecified atom stereocenters. The number of aliphatic hydroxyl groups is 1. The third-order valence-corrected chi connectivity index (χ3v) is 8.97. The first-order chi connectivity index (χ1) is 16.7. The highest BCUT2D eigenvalue weighted by Crippen LogP contribution is 2.67. The predicted octanol–water partition coefficient (Wildman–Crippen LogP) is 2.42. The molecular formula is C27H36N2O6. The van der Waals surface area contributed by atoms with E-state index in [1.54, 1.807) is 7.11 Å². The number of hydrogen-bond donors (Lipinski definition) is 1. The largest absolute Gasteiger partial charge is 0.497 e. The summed E-state index contributed by atoms with van der Waals surface area (Å²) in [5.41, 5.74) is -1.38. The number of methoxy groups -OCH3 is 2. The second-order valence-corrected chi connectivity index (χ2v) is 10.5. The van der Waals surface area contributed by atoms with Crippen molar-refractivity contribution in [2.45, 2.75) is 68.7 Å². The van der Waals surface area contributed by atoms with Gasteiger partial charge in [-0.3, -0.25) is 9.69 Å². The molecule has 0 bridgehead atoms. The van der Waals surface area contributed by atoms with Crippen molar-refractivity contribution in [3.8, 4) is 5.75 Å². The lowest BCUT2D eigenvalue weighted by molar-refractivity contribution is -0.229. The maximum absolute atomic E-state index is 13.7. The molecule has 8 heteroatoms. The molecule has 1 N–H and O–H groups in total. The van der Waals surface area contributed by atoms with E-state index in [-0.39, 0.29) is 6.04 Å². The molecule has 1 saturated heterocycles. The molecule has 3 aliphatic heterocycles. The Bertz CT molecular complexity index is 1070. The Morgan fingerprint density at radius 2 is 2.00 bits per heavy atom. The lowest BCUT2D eigenvalue weighted by Crippen LogP contribution is -2.81. The number of hydrogen-bond acceptors (Lipinski definition) is 8. The highest BCUT2D eigenvalue weighted by molar-refractivity contribution is 5.87. The molecule has 0 aromatic heterocycles. The molecule has 1 aliphatic carbocycles. The van der Waals surface area contributed by atoms with Gasteiger partial charge in [0.2, 0.25) is 5.60 Å². The van der Waals surface area contributed by atoms with E-state index >= 15 is 0 Å². The monoisotopic (exact) mass is 484 g/mol. The van der Waals surface area contributed by atoms with Crippen molar-refractivity contribution < 1.29 is 28.9 Å². The van der Waals surface area contributed by atoms with Crippen LogP contribution in [0.3, 0.4) is 0 Å². The fraction of sp³-hybridized carbons (Fsp3) is 0.630. The van der Waals surface area contributed by atoms with Gasteiger partial charge in [0.15, 0.2) is 6.10 Å². The van der Waals surface area contributed by atoms with Crippen molar-refractivity contribution in [2.75, 3.05) is 39.3 Å². The van der Waals surface area contributed by atoms with Crippen molar-refractivity contribution in [3.05, 3.63) is 35.9 Å². The van der Waals surface area contributed by atoms with E-state index in [2.05, 4.69) is 30.0 Å². The number of carbonyl (C=O) groups is 2. The number of likely N-dealkylation sites (N-methyl/N-ethyl adjacent to an activating group) is 1. The van der Waals surface area contributed by atoms with E-state index in [4.69, 9.17) is 14.2 Å². The van der Waals surface area contributed by atoms with Crippen molar-refractivity contribution in [1.82, 2.24) is 4.90 Å². The summed E-state index contributed by atoms with van der Waals surface area (Å²) >= 11 is 0. The average molecular weight is 485 g/mol. The van der Waals surface area contributed by atoms with E-state index in [9.17, 15) is 14.7 Å². The van der Waals surface area contributed by atoms with Crippen LogP contribution in [0.2, 0.25) is 0 Å². The van der Waals surface area contributed by atoms with Crippen molar-refractivity contribution in [3.63, 3.8) is 0 Å². The molecule has 1 saturated carbocycles. The molecule has 190 valence electrons. The molecule has 1 spiro atoms. The van der Waals surface area contributed by atoms with Crippen LogP contribution in [0.4, 0.5) is 5.69 Å². The number of nitrogens with zero attached hydrogens (tertiary/aromatic N) is 2. The highest BCUT2D eigenvalue weighted by Gasteiger charge is 2.80. The third-order valence-electron chi connectivity index (χ3n) is 8.97. The van der Waals surface area contributed by atoms with Crippen LogP contribution in [0.25, 0.3) is 0 Å². The number of rotatable bonds is 6.